The van der Waals surface area contributed by atoms with E-state index in [9.17, 15) is 4.79 Å². The van der Waals surface area contributed by atoms with Crippen LogP contribution in [-0.2, 0) is 6.42 Å². The first-order chi connectivity index (χ1) is 10.0. The van der Waals surface area contributed by atoms with Crippen molar-refractivity contribution in [2.24, 2.45) is 0 Å². The van der Waals surface area contributed by atoms with Crippen molar-refractivity contribution in [1.29, 1.82) is 0 Å². The number of halogens is 2. The van der Waals surface area contributed by atoms with Gasteiger partial charge in [0, 0.05) is 33.5 Å². The fourth-order valence-corrected chi connectivity index (χ4v) is 3.19. The lowest BCUT2D eigenvalue weighted by atomic mass is 10.00. The number of fused-ring (bicyclic) bond motifs is 1. The first-order valence-corrected chi connectivity index (χ1v) is 7.46. The quantitative estimate of drug-likeness (QED) is 0.801. The summed E-state index contributed by atoms with van der Waals surface area (Å²) in [5.74, 6) is -0.0925. The highest BCUT2D eigenvalue weighted by atomic mass is 35.5. The van der Waals surface area contributed by atoms with Gasteiger partial charge in [-0.2, -0.15) is 0 Å². The number of nitrogens with zero attached hydrogens (tertiary/aromatic N) is 1. The van der Waals surface area contributed by atoms with E-state index in [1.807, 2.05) is 18.2 Å². The molecule has 0 fully saturated rings. The van der Waals surface area contributed by atoms with Gasteiger partial charge in [-0.15, -0.1) is 0 Å². The van der Waals surface area contributed by atoms with Crippen LogP contribution in [-0.4, -0.2) is 12.5 Å². The van der Waals surface area contributed by atoms with Crippen molar-refractivity contribution in [1.82, 2.24) is 0 Å². The summed E-state index contributed by atoms with van der Waals surface area (Å²) in [7, 11) is 0. The molecule has 1 aliphatic heterocycles. The van der Waals surface area contributed by atoms with Crippen LogP contribution < -0.4 is 10.6 Å². The molecule has 2 aromatic rings. The minimum atomic E-state index is -0.0925. The van der Waals surface area contributed by atoms with E-state index in [4.69, 9.17) is 28.9 Å². The lowest BCUT2D eigenvalue weighted by Crippen LogP contribution is -2.35. The van der Waals surface area contributed by atoms with Gasteiger partial charge in [0.15, 0.2) is 0 Å². The Balaban J connectivity index is 2.00. The van der Waals surface area contributed by atoms with Crippen LogP contribution in [0.5, 0.6) is 0 Å². The number of benzene rings is 2. The topological polar surface area (TPSA) is 46.3 Å². The summed E-state index contributed by atoms with van der Waals surface area (Å²) in [5.41, 5.74) is 9.04. The lowest BCUT2D eigenvalue weighted by Gasteiger charge is -2.30. The van der Waals surface area contributed by atoms with Gasteiger partial charge in [0.05, 0.1) is 0 Å². The molecule has 1 aliphatic rings. The molecule has 0 saturated heterocycles. The average Bonchev–Trinajstić information content (AvgIpc) is 2.44. The van der Waals surface area contributed by atoms with E-state index >= 15 is 0 Å². The first kappa shape index (κ1) is 14.2. The minimum absolute atomic E-state index is 0.0925. The number of amides is 1. The molecule has 3 nitrogen and oxygen atoms in total. The number of nitrogens with two attached hydrogens (primary N) is 1. The van der Waals surface area contributed by atoms with Gasteiger partial charge in [0.1, 0.15) is 0 Å². The SMILES string of the molecule is Nc1ccc2c(c1)CCCN2C(=O)c1cc(Cl)cc(Cl)c1. The normalized spacial score (nSPS) is 13.9. The zero-order valence-corrected chi connectivity index (χ0v) is 12.8. The van der Waals surface area contributed by atoms with Crippen molar-refractivity contribution in [2.75, 3.05) is 17.2 Å². The standard InChI is InChI=1S/C16H14Cl2N2O/c17-12-6-11(7-13(18)9-12)16(21)20-5-1-2-10-8-14(19)3-4-15(10)20/h3-4,6-9H,1-2,5,19H2. The molecule has 0 spiro atoms. The molecule has 108 valence electrons. The summed E-state index contributed by atoms with van der Waals surface area (Å²) in [5, 5.41) is 0.917. The summed E-state index contributed by atoms with van der Waals surface area (Å²) < 4.78 is 0. The molecule has 0 radical (unpaired) electrons. The molecule has 0 bridgehead atoms. The van der Waals surface area contributed by atoms with E-state index in [1.54, 1.807) is 23.1 Å². The van der Waals surface area contributed by atoms with Crippen LogP contribution in [0.3, 0.4) is 0 Å². The molecule has 21 heavy (non-hydrogen) atoms. The van der Waals surface area contributed by atoms with E-state index in [-0.39, 0.29) is 5.91 Å². The highest BCUT2D eigenvalue weighted by Gasteiger charge is 2.24. The molecule has 3 rings (SSSR count). The Hall–Kier alpha value is -1.71. The Labute approximate surface area is 133 Å². The van der Waals surface area contributed by atoms with E-state index in [2.05, 4.69) is 0 Å². The molecule has 1 amide bonds. The molecule has 0 aromatic heterocycles. The van der Waals surface area contributed by atoms with E-state index < -0.39 is 0 Å². The van der Waals surface area contributed by atoms with Crippen molar-refractivity contribution in [2.45, 2.75) is 12.8 Å². The fourth-order valence-electron chi connectivity index (χ4n) is 2.66. The zero-order chi connectivity index (χ0) is 15.0. The largest absolute Gasteiger partial charge is 0.399 e. The van der Waals surface area contributed by atoms with Crippen LogP contribution in [0.25, 0.3) is 0 Å². The fraction of sp³-hybridized carbons (Fsp3) is 0.188. The molecule has 0 atom stereocenters. The first-order valence-electron chi connectivity index (χ1n) is 6.71. The van der Waals surface area contributed by atoms with Gasteiger partial charge in [-0.1, -0.05) is 23.2 Å². The van der Waals surface area contributed by atoms with Crippen molar-refractivity contribution < 1.29 is 4.79 Å². The van der Waals surface area contributed by atoms with Crippen molar-refractivity contribution in [3.63, 3.8) is 0 Å². The molecule has 0 aliphatic carbocycles. The van der Waals surface area contributed by atoms with Gasteiger partial charge in [0.25, 0.3) is 5.91 Å². The highest BCUT2D eigenvalue weighted by Crippen LogP contribution is 2.31. The van der Waals surface area contributed by atoms with Crippen LogP contribution in [0, 0.1) is 0 Å². The Kier molecular flexibility index (Phi) is 3.79. The van der Waals surface area contributed by atoms with Gasteiger partial charge < -0.3 is 10.6 Å². The maximum atomic E-state index is 12.7. The molecule has 2 aromatic carbocycles. The molecule has 1 heterocycles. The van der Waals surface area contributed by atoms with Crippen LogP contribution in [0.15, 0.2) is 36.4 Å². The van der Waals surface area contributed by atoms with Crippen LogP contribution >= 0.6 is 23.2 Å². The predicted octanol–water partition coefficient (Wildman–Crippen LogP) is 4.17. The Bertz CT molecular complexity index is 695. The molecule has 5 heteroatoms. The smallest absolute Gasteiger partial charge is 0.258 e. The number of aryl methyl sites for hydroxylation is 1. The van der Waals surface area contributed by atoms with Crippen molar-refractivity contribution in [3.05, 3.63) is 57.6 Å². The second-order valence-electron chi connectivity index (χ2n) is 5.11. The van der Waals surface area contributed by atoms with Crippen molar-refractivity contribution in [3.8, 4) is 0 Å². The molecule has 2 N–H and O–H groups in total. The predicted molar refractivity (Wildman–Crippen MR) is 87.3 cm³/mol. The van der Waals surface area contributed by atoms with Gasteiger partial charge in [-0.25, -0.2) is 0 Å². The monoisotopic (exact) mass is 320 g/mol. The average molecular weight is 321 g/mol. The van der Waals surface area contributed by atoms with Gasteiger partial charge in [0.2, 0.25) is 0 Å². The van der Waals surface area contributed by atoms with Crippen LogP contribution in [0.1, 0.15) is 22.3 Å². The number of carbonyl (C=O) groups excluding carboxylic acids is 1. The van der Waals surface area contributed by atoms with Gasteiger partial charge in [-0.3, -0.25) is 4.79 Å². The zero-order valence-electron chi connectivity index (χ0n) is 11.3. The van der Waals surface area contributed by atoms with Gasteiger partial charge in [-0.05, 0) is 54.8 Å². The third kappa shape index (κ3) is 2.85. The molecular formula is C16H14Cl2N2O. The third-order valence-corrected chi connectivity index (χ3v) is 4.01. The van der Waals surface area contributed by atoms with E-state index in [1.165, 1.54) is 0 Å². The summed E-state index contributed by atoms with van der Waals surface area (Å²) >= 11 is 12.0. The number of rotatable bonds is 1. The van der Waals surface area contributed by atoms with Crippen molar-refractivity contribution >= 4 is 40.5 Å². The highest BCUT2D eigenvalue weighted by molar-refractivity contribution is 6.35. The maximum absolute atomic E-state index is 12.7. The number of hydrogen-bond donors (Lipinski definition) is 1. The van der Waals surface area contributed by atoms with Crippen LogP contribution in [0.4, 0.5) is 11.4 Å². The summed E-state index contributed by atoms with van der Waals surface area (Å²) in [4.78, 5) is 14.5. The van der Waals surface area contributed by atoms with Gasteiger partial charge >= 0.3 is 0 Å². The minimum Gasteiger partial charge on any atom is -0.399 e. The summed E-state index contributed by atoms with van der Waals surface area (Å²) in [6.07, 6.45) is 1.84. The van der Waals surface area contributed by atoms with E-state index in [0.717, 1.165) is 24.1 Å². The number of hydrogen-bond acceptors (Lipinski definition) is 2. The lowest BCUT2D eigenvalue weighted by molar-refractivity contribution is 0.0985. The number of carbonyl (C=O) groups is 1. The Morgan fingerprint density at radius 1 is 1.10 bits per heavy atom. The van der Waals surface area contributed by atoms with E-state index in [0.29, 0.717) is 27.8 Å². The second-order valence-corrected chi connectivity index (χ2v) is 5.98. The third-order valence-electron chi connectivity index (χ3n) is 3.58. The molecule has 0 unspecified atom stereocenters. The molecular weight excluding hydrogens is 307 g/mol. The second kappa shape index (κ2) is 5.58. The number of anilines is 2. The Morgan fingerprint density at radius 2 is 1.81 bits per heavy atom. The maximum Gasteiger partial charge on any atom is 0.258 e. The molecule has 0 saturated carbocycles. The summed E-state index contributed by atoms with van der Waals surface area (Å²) in [6, 6.07) is 10.5. The summed E-state index contributed by atoms with van der Waals surface area (Å²) in [6.45, 7) is 0.680. The Morgan fingerprint density at radius 3 is 2.52 bits per heavy atom. The van der Waals surface area contributed by atoms with Crippen LogP contribution in [0.2, 0.25) is 10.0 Å². The number of nitrogen functional groups attached to an aromatic ring is 1.